The Kier molecular flexibility index (Phi) is 1.15. The lowest BCUT2D eigenvalue weighted by molar-refractivity contribution is -0.0420. The fourth-order valence-corrected chi connectivity index (χ4v) is 0.599. The van der Waals surface area contributed by atoms with Crippen LogP contribution in [0.2, 0.25) is 0 Å². The highest BCUT2D eigenvalue weighted by Gasteiger charge is 2.35. The Morgan fingerprint density at radius 2 is 2.29 bits per heavy atom. The van der Waals surface area contributed by atoms with Crippen LogP contribution in [-0.2, 0) is 18.2 Å². The molecule has 1 rings (SSSR count). The topological polar surface area (TPSA) is 70.8 Å². The van der Waals surface area contributed by atoms with Gasteiger partial charge in [0.05, 0.1) is 0 Å². The van der Waals surface area contributed by atoms with Gasteiger partial charge in [-0.1, -0.05) is 0 Å². The lowest BCUT2D eigenvalue weighted by Crippen LogP contribution is -2.14. The summed E-state index contributed by atoms with van der Waals surface area (Å²) in [7, 11) is -3.20. The Hall–Kier alpha value is 0.0700. The van der Waals surface area contributed by atoms with Gasteiger partial charge in [-0.3, -0.25) is 9.05 Å². The Morgan fingerprint density at radius 1 is 1.71 bits per heavy atom. The van der Waals surface area contributed by atoms with Crippen molar-refractivity contribution in [1.82, 2.24) is 0 Å². The van der Waals surface area contributed by atoms with Crippen molar-refractivity contribution in [2.45, 2.75) is 0 Å². The summed E-state index contributed by atoms with van der Waals surface area (Å²) in [5, 5.41) is 0. The molecule has 1 heterocycles. The van der Waals surface area contributed by atoms with Gasteiger partial charge < -0.3 is 0 Å². The fraction of sp³-hybridized carbons (Fsp3) is 1.00. The summed E-state index contributed by atoms with van der Waals surface area (Å²) in [4.78, 5) is 0. The molecule has 0 aromatic carbocycles. The molecule has 42 valence electrons. The van der Waals surface area contributed by atoms with E-state index in [9.17, 15) is 4.57 Å². The van der Waals surface area contributed by atoms with Gasteiger partial charge in [0, 0.05) is 0 Å². The Bertz CT molecular complexity index is 96.0. The van der Waals surface area contributed by atoms with Crippen LogP contribution < -0.4 is 5.90 Å². The maximum absolute atomic E-state index is 10.2. The first-order chi connectivity index (χ1) is 3.27. The average molecular weight is 125 g/mol. The maximum Gasteiger partial charge on any atom is 0.495 e. The summed E-state index contributed by atoms with van der Waals surface area (Å²) in [5.41, 5.74) is 0. The monoisotopic (exact) mass is 125 g/mol. The second kappa shape index (κ2) is 1.54. The minimum Gasteiger partial charge on any atom is -0.258 e. The molecular weight excluding hydrogens is 121 g/mol. The van der Waals surface area contributed by atoms with Gasteiger partial charge >= 0.3 is 7.82 Å². The molecule has 0 bridgehead atoms. The Morgan fingerprint density at radius 3 is 2.29 bits per heavy atom. The zero-order chi connectivity index (χ0) is 5.33. The van der Waals surface area contributed by atoms with Gasteiger partial charge in [-0.25, -0.2) is 15.1 Å². The van der Waals surface area contributed by atoms with Gasteiger partial charge in [-0.15, -0.1) is 0 Å². The van der Waals surface area contributed by atoms with E-state index in [1.54, 1.807) is 0 Å². The number of phosphoric acid groups is 1. The van der Waals surface area contributed by atoms with E-state index in [1.165, 1.54) is 0 Å². The molecule has 0 saturated carbocycles. The molecule has 7 heavy (non-hydrogen) atoms. The van der Waals surface area contributed by atoms with E-state index in [1.807, 2.05) is 0 Å². The molecule has 0 aromatic rings. The summed E-state index contributed by atoms with van der Waals surface area (Å²) in [6.07, 6.45) is 0. The highest BCUT2D eigenvalue weighted by molar-refractivity contribution is 7.49. The first-order valence-corrected chi connectivity index (χ1v) is 3.00. The van der Waals surface area contributed by atoms with Crippen molar-refractivity contribution >= 4 is 7.82 Å². The van der Waals surface area contributed by atoms with Crippen LogP contribution in [0.5, 0.6) is 0 Å². The zero-order valence-electron chi connectivity index (χ0n) is 3.36. The maximum atomic E-state index is 10.2. The van der Waals surface area contributed by atoms with Crippen LogP contribution in [0.3, 0.4) is 0 Å². The molecule has 0 aliphatic carbocycles. The molecule has 1 aliphatic rings. The van der Waals surface area contributed by atoms with E-state index in [2.05, 4.69) is 19.6 Å². The fourth-order valence-electron chi connectivity index (χ4n) is 0.200. The molecule has 6 heteroatoms. The number of rotatable bonds is 1. The molecule has 0 aromatic heterocycles. The van der Waals surface area contributed by atoms with Crippen LogP contribution in [0, 0.1) is 0 Å². The van der Waals surface area contributed by atoms with Crippen molar-refractivity contribution in [1.29, 1.82) is 0 Å². The van der Waals surface area contributed by atoms with Crippen LogP contribution >= 0.6 is 7.82 Å². The smallest absolute Gasteiger partial charge is 0.258 e. The average Bonchev–Trinajstić information content (AvgIpc) is 1.61. The van der Waals surface area contributed by atoms with Crippen LogP contribution in [0.15, 0.2) is 0 Å². The Balaban J connectivity index is 2.45. The predicted octanol–water partition coefficient (Wildman–Crippen LogP) is -0.0109. The summed E-state index contributed by atoms with van der Waals surface area (Å²) < 4.78 is 22.5. The van der Waals surface area contributed by atoms with Gasteiger partial charge in [0.2, 0.25) is 0 Å². The van der Waals surface area contributed by atoms with Crippen molar-refractivity contribution in [2.24, 2.45) is 5.90 Å². The predicted molar refractivity (Wildman–Crippen MR) is 19.9 cm³/mol. The van der Waals surface area contributed by atoms with Gasteiger partial charge in [0.1, 0.15) is 0 Å². The molecule has 1 fully saturated rings. The second-order valence-electron chi connectivity index (χ2n) is 0.929. The highest BCUT2D eigenvalue weighted by Crippen LogP contribution is 2.54. The highest BCUT2D eigenvalue weighted by atomic mass is 31.2. The van der Waals surface area contributed by atoms with Gasteiger partial charge in [-0.05, 0) is 0 Å². The molecule has 0 radical (unpaired) electrons. The van der Waals surface area contributed by atoms with Crippen LogP contribution in [-0.4, -0.2) is 6.79 Å². The third-order valence-electron chi connectivity index (χ3n) is 0.551. The van der Waals surface area contributed by atoms with Crippen molar-refractivity contribution in [3.63, 3.8) is 0 Å². The standard InChI is InChI=1S/CH4NO4P/c2-6-7(3)4-1-5-7/h1-2H2. The van der Waals surface area contributed by atoms with Crippen molar-refractivity contribution < 1.29 is 18.2 Å². The van der Waals surface area contributed by atoms with Gasteiger partial charge in [0.25, 0.3) is 0 Å². The molecule has 1 aliphatic heterocycles. The minimum absolute atomic E-state index is 0.00841. The number of hydrogen-bond donors (Lipinski definition) is 1. The van der Waals surface area contributed by atoms with Crippen LogP contribution in [0.25, 0.3) is 0 Å². The lowest BCUT2D eigenvalue weighted by Gasteiger charge is -2.21. The van der Waals surface area contributed by atoms with E-state index in [0.717, 1.165) is 0 Å². The SMILES string of the molecule is NOP1(=O)OCO1. The van der Waals surface area contributed by atoms with Gasteiger partial charge in [0.15, 0.2) is 6.79 Å². The first-order valence-electron chi connectivity index (χ1n) is 1.54. The quantitative estimate of drug-likeness (QED) is 0.394. The largest absolute Gasteiger partial charge is 0.495 e. The van der Waals surface area contributed by atoms with Crippen molar-refractivity contribution in [3.8, 4) is 0 Å². The third kappa shape index (κ3) is 0.821. The zero-order valence-corrected chi connectivity index (χ0v) is 4.26. The molecule has 0 spiro atoms. The number of phosphoric ester groups is 1. The summed E-state index contributed by atoms with van der Waals surface area (Å²) in [6.45, 7) is 0.00841. The lowest BCUT2D eigenvalue weighted by atomic mass is 11.6. The molecule has 5 nitrogen and oxygen atoms in total. The van der Waals surface area contributed by atoms with E-state index < -0.39 is 7.82 Å². The van der Waals surface area contributed by atoms with E-state index in [4.69, 9.17) is 0 Å². The molecule has 0 atom stereocenters. The number of nitrogens with two attached hydrogens (primary N) is 1. The van der Waals surface area contributed by atoms with E-state index >= 15 is 0 Å². The van der Waals surface area contributed by atoms with Crippen molar-refractivity contribution in [2.75, 3.05) is 6.79 Å². The number of hydrogen-bond acceptors (Lipinski definition) is 5. The Labute approximate surface area is 39.9 Å². The molecular formula is CH4NO4P. The van der Waals surface area contributed by atoms with E-state index in [-0.39, 0.29) is 6.79 Å². The molecule has 1 saturated heterocycles. The van der Waals surface area contributed by atoms with Gasteiger partial charge in [-0.2, -0.15) is 0 Å². The molecule has 0 amide bonds. The normalized spacial score (nSPS) is 26.4. The molecule has 2 N–H and O–H groups in total. The van der Waals surface area contributed by atoms with Crippen molar-refractivity contribution in [3.05, 3.63) is 0 Å². The summed E-state index contributed by atoms with van der Waals surface area (Å²) in [6, 6.07) is 0. The second-order valence-corrected chi connectivity index (χ2v) is 2.55. The van der Waals surface area contributed by atoms with Crippen LogP contribution in [0.4, 0.5) is 0 Å². The summed E-state index contributed by atoms with van der Waals surface area (Å²) >= 11 is 0. The molecule has 0 unspecified atom stereocenters. The summed E-state index contributed by atoms with van der Waals surface area (Å²) in [5.74, 6) is 4.45. The first kappa shape index (κ1) is 5.21. The van der Waals surface area contributed by atoms with E-state index in [0.29, 0.717) is 0 Å². The third-order valence-corrected chi connectivity index (χ3v) is 1.65. The van der Waals surface area contributed by atoms with Crippen LogP contribution in [0.1, 0.15) is 0 Å². The minimum atomic E-state index is -3.20.